The van der Waals surface area contributed by atoms with Crippen LogP contribution in [0, 0.1) is 10.5 Å². The second kappa shape index (κ2) is 6.48. The number of halogens is 1. The number of benzene rings is 2. The highest BCUT2D eigenvalue weighted by molar-refractivity contribution is 14.1. The van der Waals surface area contributed by atoms with Crippen molar-refractivity contribution in [3.05, 3.63) is 63.6 Å². The van der Waals surface area contributed by atoms with E-state index in [1.165, 1.54) is 9.13 Å². The van der Waals surface area contributed by atoms with Gasteiger partial charge in [0.1, 0.15) is 6.04 Å². The fraction of sp³-hybridized carbons (Fsp3) is 0.176. The smallest absolute Gasteiger partial charge is 0.247 e. The van der Waals surface area contributed by atoms with Gasteiger partial charge in [0.2, 0.25) is 11.8 Å². The van der Waals surface area contributed by atoms with Crippen molar-refractivity contribution >= 4 is 28.3 Å². The van der Waals surface area contributed by atoms with E-state index in [1.54, 1.807) is 0 Å². The molecule has 0 saturated heterocycles. The molecular weight excluding hydrogens is 389 g/mol. The molecule has 3 rings (SSSR count). The second-order valence-electron chi connectivity index (χ2n) is 5.19. The maximum absolute atomic E-state index is 5.80. The molecule has 0 amide bonds. The summed E-state index contributed by atoms with van der Waals surface area (Å²) in [4.78, 5) is 0. The molecule has 0 aliphatic carbocycles. The number of hydrogen-bond donors (Lipinski definition) is 1. The molecule has 112 valence electrons. The molecule has 0 aliphatic rings. The molecule has 0 saturated carbocycles. The Morgan fingerprint density at radius 1 is 1.09 bits per heavy atom. The zero-order chi connectivity index (χ0) is 15.5. The largest absolute Gasteiger partial charge is 0.418 e. The first-order chi connectivity index (χ1) is 10.6. The fourth-order valence-corrected chi connectivity index (χ4v) is 2.52. The Kier molecular flexibility index (Phi) is 4.42. The van der Waals surface area contributed by atoms with E-state index in [0.29, 0.717) is 11.8 Å². The van der Waals surface area contributed by atoms with Crippen LogP contribution in [0.15, 0.2) is 52.9 Å². The van der Waals surface area contributed by atoms with E-state index in [9.17, 15) is 0 Å². The van der Waals surface area contributed by atoms with Gasteiger partial charge in [0.15, 0.2) is 0 Å². The molecule has 0 aliphatic heterocycles. The van der Waals surface area contributed by atoms with E-state index in [4.69, 9.17) is 4.42 Å². The summed E-state index contributed by atoms with van der Waals surface area (Å²) in [6, 6.07) is 16.2. The number of aromatic nitrogens is 2. The minimum atomic E-state index is -0.0499. The first-order valence-corrected chi connectivity index (χ1v) is 8.12. The summed E-state index contributed by atoms with van der Waals surface area (Å²) in [6.45, 7) is 4.05. The van der Waals surface area contributed by atoms with Crippen LogP contribution in [0.1, 0.15) is 24.4 Å². The van der Waals surface area contributed by atoms with Gasteiger partial charge in [-0.1, -0.05) is 17.7 Å². The van der Waals surface area contributed by atoms with Crippen molar-refractivity contribution in [1.82, 2.24) is 10.2 Å². The summed E-state index contributed by atoms with van der Waals surface area (Å²) >= 11 is 2.29. The van der Waals surface area contributed by atoms with Gasteiger partial charge in [-0.05, 0) is 72.8 Å². The molecule has 3 aromatic rings. The van der Waals surface area contributed by atoms with E-state index in [2.05, 4.69) is 50.2 Å². The molecule has 1 N–H and O–H groups in total. The van der Waals surface area contributed by atoms with Crippen LogP contribution in [-0.4, -0.2) is 10.2 Å². The monoisotopic (exact) mass is 405 g/mol. The van der Waals surface area contributed by atoms with Crippen LogP contribution in [0.4, 0.5) is 5.69 Å². The third-order valence-electron chi connectivity index (χ3n) is 3.30. The standard InChI is InChI=1S/C17H16IN3O/c1-11-4-3-5-13(10-11)17-21-20-16(22-17)12(2)19-15-8-6-14(18)7-9-15/h3-10,12,19H,1-2H3/t12-/m1/s1. The van der Waals surface area contributed by atoms with Gasteiger partial charge in [0.05, 0.1) is 0 Å². The second-order valence-corrected chi connectivity index (χ2v) is 6.43. The number of nitrogens with zero attached hydrogens (tertiary/aromatic N) is 2. The van der Waals surface area contributed by atoms with Crippen LogP contribution >= 0.6 is 22.6 Å². The predicted octanol–water partition coefficient (Wildman–Crippen LogP) is 4.82. The first-order valence-electron chi connectivity index (χ1n) is 7.04. The van der Waals surface area contributed by atoms with Crippen LogP contribution in [0.5, 0.6) is 0 Å². The average Bonchev–Trinajstić information content (AvgIpc) is 3.00. The molecule has 5 heteroatoms. The highest BCUT2D eigenvalue weighted by Gasteiger charge is 2.15. The Balaban J connectivity index is 1.76. The van der Waals surface area contributed by atoms with Crippen molar-refractivity contribution < 1.29 is 4.42 Å². The van der Waals surface area contributed by atoms with Crippen LogP contribution in [-0.2, 0) is 0 Å². The Hall–Kier alpha value is -1.89. The third-order valence-corrected chi connectivity index (χ3v) is 4.02. The van der Waals surface area contributed by atoms with Crippen molar-refractivity contribution in [2.75, 3.05) is 5.32 Å². The van der Waals surface area contributed by atoms with Crippen LogP contribution in [0.3, 0.4) is 0 Å². The van der Waals surface area contributed by atoms with Crippen molar-refractivity contribution in [2.24, 2.45) is 0 Å². The van der Waals surface area contributed by atoms with E-state index < -0.39 is 0 Å². The van der Waals surface area contributed by atoms with Crippen molar-refractivity contribution in [2.45, 2.75) is 19.9 Å². The molecule has 1 aromatic heterocycles. The molecule has 2 aromatic carbocycles. The lowest BCUT2D eigenvalue weighted by molar-refractivity contribution is 0.485. The highest BCUT2D eigenvalue weighted by Crippen LogP contribution is 2.23. The SMILES string of the molecule is Cc1cccc(-c2nnc([C@@H](C)Nc3ccc(I)cc3)o2)c1. The Morgan fingerprint density at radius 2 is 1.86 bits per heavy atom. The quantitative estimate of drug-likeness (QED) is 0.633. The molecule has 0 fully saturated rings. The van der Waals surface area contributed by atoms with E-state index >= 15 is 0 Å². The molecular formula is C17H16IN3O. The predicted molar refractivity (Wildman–Crippen MR) is 95.7 cm³/mol. The van der Waals surface area contributed by atoms with Crippen LogP contribution < -0.4 is 5.32 Å². The van der Waals surface area contributed by atoms with E-state index in [-0.39, 0.29) is 6.04 Å². The molecule has 22 heavy (non-hydrogen) atoms. The third kappa shape index (κ3) is 3.47. The first kappa shape index (κ1) is 15.0. The van der Waals surface area contributed by atoms with Crippen LogP contribution in [0.25, 0.3) is 11.5 Å². The summed E-state index contributed by atoms with van der Waals surface area (Å²) in [7, 11) is 0. The number of hydrogen-bond acceptors (Lipinski definition) is 4. The highest BCUT2D eigenvalue weighted by atomic mass is 127. The van der Waals surface area contributed by atoms with Gasteiger partial charge in [-0.25, -0.2) is 0 Å². The lowest BCUT2D eigenvalue weighted by atomic mass is 10.1. The molecule has 0 spiro atoms. The summed E-state index contributed by atoms with van der Waals surface area (Å²) < 4.78 is 7.00. The molecule has 0 radical (unpaired) electrons. The minimum absolute atomic E-state index is 0.0499. The van der Waals surface area contributed by atoms with Gasteiger partial charge in [0.25, 0.3) is 0 Å². The van der Waals surface area contributed by atoms with Gasteiger partial charge in [0, 0.05) is 14.8 Å². The number of nitrogens with one attached hydrogen (secondary N) is 1. The van der Waals surface area contributed by atoms with E-state index in [1.807, 2.05) is 50.2 Å². The van der Waals surface area contributed by atoms with E-state index in [0.717, 1.165) is 11.3 Å². The number of rotatable bonds is 4. The van der Waals surface area contributed by atoms with Crippen LogP contribution in [0.2, 0.25) is 0 Å². The number of anilines is 1. The molecule has 0 unspecified atom stereocenters. The lowest BCUT2D eigenvalue weighted by Crippen LogP contribution is -2.06. The average molecular weight is 405 g/mol. The summed E-state index contributed by atoms with van der Waals surface area (Å²) in [6.07, 6.45) is 0. The maximum Gasteiger partial charge on any atom is 0.247 e. The molecule has 1 atom stereocenters. The number of aryl methyl sites for hydroxylation is 1. The molecule has 4 nitrogen and oxygen atoms in total. The normalized spacial score (nSPS) is 12.1. The lowest BCUT2D eigenvalue weighted by Gasteiger charge is -2.11. The maximum atomic E-state index is 5.80. The minimum Gasteiger partial charge on any atom is -0.418 e. The van der Waals surface area contributed by atoms with Gasteiger partial charge in [-0.15, -0.1) is 10.2 Å². The fourth-order valence-electron chi connectivity index (χ4n) is 2.16. The van der Waals surface area contributed by atoms with Gasteiger partial charge < -0.3 is 9.73 Å². The van der Waals surface area contributed by atoms with Gasteiger partial charge >= 0.3 is 0 Å². The van der Waals surface area contributed by atoms with Crippen molar-refractivity contribution in [3.8, 4) is 11.5 Å². The summed E-state index contributed by atoms with van der Waals surface area (Å²) in [5.41, 5.74) is 3.14. The Morgan fingerprint density at radius 3 is 2.59 bits per heavy atom. The topological polar surface area (TPSA) is 51.0 Å². The zero-order valence-electron chi connectivity index (χ0n) is 12.4. The van der Waals surface area contributed by atoms with Gasteiger partial charge in [-0.3, -0.25) is 0 Å². The van der Waals surface area contributed by atoms with Crippen molar-refractivity contribution in [1.29, 1.82) is 0 Å². The van der Waals surface area contributed by atoms with Crippen molar-refractivity contribution in [3.63, 3.8) is 0 Å². The zero-order valence-corrected chi connectivity index (χ0v) is 14.5. The molecule has 1 heterocycles. The Labute approximate surface area is 143 Å². The van der Waals surface area contributed by atoms with Gasteiger partial charge in [-0.2, -0.15) is 0 Å². The molecule has 0 bridgehead atoms. The Bertz CT molecular complexity index is 768. The summed E-state index contributed by atoms with van der Waals surface area (Å²) in [5.74, 6) is 1.13. The summed E-state index contributed by atoms with van der Waals surface area (Å²) in [5, 5.41) is 11.7.